The van der Waals surface area contributed by atoms with Crippen molar-refractivity contribution in [2.24, 2.45) is 0 Å². The van der Waals surface area contributed by atoms with Crippen LogP contribution in [0.4, 0.5) is 0 Å². The summed E-state index contributed by atoms with van der Waals surface area (Å²) < 4.78 is 27.0. The predicted molar refractivity (Wildman–Crippen MR) is 91.5 cm³/mol. The van der Waals surface area contributed by atoms with Crippen molar-refractivity contribution in [1.82, 2.24) is 4.72 Å². The Hall–Kier alpha value is -2.40. The van der Waals surface area contributed by atoms with Crippen LogP contribution in [-0.2, 0) is 14.8 Å². The number of nitrogens with one attached hydrogen (secondary N) is 1. The van der Waals surface area contributed by atoms with E-state index in [1.807, 2.05) is 37.3 Å². The van der Waals surface area contributed by atoms with Crippen molar-refractivity contribution in [2.75, 3.05) is 0 Å². The molecular formula is C18H19NO3S. The van der Waals surface area contributed by atoms with Gasteiger partial charge in [0.25, 0.3) is 15.9 Å². The van der Waals surface area contributed by atoms with Crippen LogP contribution in [0.2, 0.25) is 0 Å². The van der Waals surface area contributed by atoms with Crippen LogP contribution in [0.5, 0.6) is 0 Å². The molecule has 0 aliphatic carbocycles. The van der Waals surface area contributed by atoms with Gasteiger partial charge in [-0.3, -0.25) is 4.79 Å². The largest absolute Gasteiger partial charge is 0.269 e. The highest BCUT2D eigenvalue weighted by Gasteiger charge is 2.21. The number of hydrogen-bond acceptors (Lipinski definition) is 3. The van der Waals surface area contributed by atoms with Crippen molar-refractivity contribution in [1.29, 1.82) is 0 Å². The molecule has 0 aliphatic heterocycles. The van der Waals surface area contributed by atoms with E-state index in [1.165, 1.54) is 6.08 Å². The molecule has 2 aromatic carbocycles. The van der Waals surface area contributed by atoms with E-state index in [2.05, 4.69) is 4.72 Å². The Labute approximate surface area is 136 Å². The summed E-state index contributed by atoms with van der Waals surface area (Å²) in [5, 5.41) is 0. The van der Waals surface area contributed by atoms with E-state index >= 15 is 0 Å². The average Bonchev–Trinajstić information content (AvgIpc) is 2.44. The highest BCUT2D eigenvalue weighted by atomic mass is 32.2. The number of rotatable bonds is 4. The van der Waals surface area contributed by atoms with Crippen molar-refractivity contribution in [3.63, 3.8) is 0 Å². The van der Waals surface area contributed by atoms with Crippen LogP contribution < -0.4 is 4.72 Å². The smallest absolute Gasteiger partial charge is 0.264 e. The lowest BCUT2D eigenvalue weighted by molar-refractivity contribution is -0.114. The molecule has 2 aromatic rings. The van der Waals surface area contributed by atoms with Crippen LogP contribution in [0.1, 0.15) is 22.3 Å². The Morgan fingerprint density at radius 2 is 1.57 bits per heavy atom. The molecule has 0 saturated heterocycles. The van der Waals surface area contributed by atoms with E-state index in [-0.39, 0.29) is 4.90 Å². The molecule has 2 rings (SSSR count). The third-order valence-electron chi connectivity index (χ3n) is 3.34. The van der Waals surface area contributed by atoms with Crippen molar-refractivity contribution in [3.05, 3.63) is 70.8 Å². The average molecular weight is 329 g/mol. The van der Waals surface area contributed by atoms with Gasteiger partial charge < -0.3 is 0 Å². The standard InChI is InChI=1S/C18H19NO3S/c1-13-11-14(2)18(15(3)12-13)23(21,22)19-17(20)10-9-16-7-5-4-6-8-16/h4-12H,1-3H3,(H,19,20)/b10-9+. The molecule has 0 spiro atoms. The highest BCUT2D eigenvalue weighted by molar-refractivity contribution is 7.90. The summed E-state index contributed by atoms with van der Waals surface area (Å²) in [5.74, 6) is -0.673. The first-order chi connectivity index (χ1) is 10.8. The second kappa shape index (κ2) is 6.79. The van der Waals surface area contributed by atoms with Gasteiger partial charge in [-0.1, -0.05) is 48.0 Å². The predicted octanol–water partition coefficient (Wildman–Crippen LogP) is 3.13. The molecule has 0 radical (unpaired) electrons. The molecule has 120 valence electrons. The fourth-order valence-electron chi connectivity index (χ4n) is 2.54. The third kappa shape index (κ3) is 4.29. The molecule has 4 nitrogen and oxygen atoms in total. The minimum Gasteiger partial charge on any atom is -0.269 e. The van der Waals surface area contributed by atoms with Crippen LogP contribution in [0.3, 0.4) is 0 Å². The highest BCUT2D eigenvalue weighted by Crippen LogP contribution is 2.21. The maximum atomic E-state index is 12.4. The fraction of sp³-hybridized carbons (Fsp3) is 0.167. The normalized spacial score (nSPS) is 11.6. The Balaban J connectivity index is 2.22. The zero-order chi connectivity index (χ0) is 17.0. The Kier molecular flexibility index (Phi) is 5.01. The molecule has 0 unspecified atom stereocenters. The van der Waals surface area contributed by atoms with Crippen molar-refractivity contribution >= 4 is 22.0 Å². The summed E-state index contributed by atoms with van der Waals surface area (Å²) in [5.41, 5.74) is 3.04. The molecule has 0 aliphatic rings. The van der Waals surface area contributed by atoms with Crippen LogP contribution >= 0.6 is 0 Å². The van der Waals surface area contributed by atoms with Crippen molar-refractivity contribution in [2.45, 2.75) is 25.7 Å². The summed E-state index contributed by atoms with van der Waals surface area (Å²) in [4.78, 5) is 12.1. The van der Waals surface area contributed by atoms with E-state index < -0.39 is 15.9 Å². The summed E-state index contributed by atoms with van der Waals surface area (Å²) in [6.07, 6.45) is 2.78. The first-order valence-electron chi connectivity index (χ1n) is 7.17. The second-order valence-corrected chi connectivity index (χ2v) is 7.06. The summed E-state index contributed by atoms with van der Waals surface area (Å²) >= 11 is 0. The number of benzene rings is 2. The molecule has 0 heterocycles. The van der Waals surface area contributed by atoms with Crippen LogP contribution in [0.25, 0.3) is 6.08 Å². The van der Waals surface area contributed by atoms with Gasteiger partial charge in [-0.25, -0.2) is 13.1 Å². The number of sulfonamides is 1. The van der Waals surface area contributed by atoms with Gasteiger partial charge >= 0.3 is 0 Å². The van der Waals surface area contributed by atoms with Crippen LogP contribution in [-0.4, -0.2) is 14.3 Å². The fourth-order valence-corrected chi connectivity index (χ4v) is 3.94. The second-order valence-electron chi connectivity index (χ2n) is 5.44. The minimum absolute atomic E-state index is 0.157. The third-order valence-corrected chi connectivity index (χ3v) is 4.99. The maximum Gasteiger partial charge on any atom is 0.264 e. The summed E-state index contributed by atoms with van der Waals surface area (Å²) in [6.45, 7) is 5.34. The van der Waals surface area contributed by atoms with Gasteiger partial charge in [0.2, 0.25) is 0 Å². The summed E-state index contributed by atoms with van der Waals surface area (Å²) in [6, 6.07) is 12.8. The van der Waals surface area contributed by atoms with Crippen LogP contribution in [0.15, 0.2) is 53.4 Å². The molecule has 23 heavy (non-hydrogen) atoms. The Morgan fingerprint density at radius 1 is 1.00 bits per heavy atom. The van der Waals surface area contributed by atoms with Gasteiger partial charge in [-0.15, -0.1) is 0 Å². The Morgan fingerprint density at radius 3 is 2.13 bits per heavy atom. The maximum absolute atomic E-state index is 12.4. The number of hydrogen-bond donors (Lipinski definition) is 1. The van der Waals surface area contributed by atoms with E-state index in [0.29, 0.717) is 11.1 Å². The summed E-state index contributed by atoms with van der Waals surface area (Å²) in [7, 11) is -3.89. The lowest BCUT2D eigenvalue weighted by Gasteiger charge is -2.12. The van der Waals surface area contributed by atoms with Gasteiger partial charge in [-0.2, -0.15) is 0 Å². The van der Waals surface area contributed by atoms with Gasteiger partial charge in [0, 0.05) is 6.08 Å². The number of amides is 1. The molecule has 1 amide bonds. The number of carbonyl (C=O) groups excluding carboxylic acids is 1. The van der Waals surface area contributed by atoms with E-state index in [4.69, 9.17) is 0 Å². The van der Waals surface area contributed by atoms with E-state index in [9.17, 15) is 13.2 Å². The number of carbonyl (C=O) groups is 1. The molecule has 0 atom stereocenters. The molecule has 1 N–H and O–H groups in total. The van der Waals surface area contributed by atoms with Gasteiger partial charge in [-0.05, 0) is 43.5 Å². The van der Waals surface area contributed by atoms with Gasteiger partial charge in [0.1, 0.15) is 0 Å². The Bertz CT molecular complexity index is 830. The SMILES string of the molecule is Cc1cc(C)c(S(=O)(=O)NC(=O)/C=C/c2ccccc2)c(C)c1. The van der Waals surface area contributed by atoms with Gasteiger partial charge in [0.15, 0.2) is 0 Å². The quantitative estimate of drug-likeness (QED) is 0.877. The van der Waals surface area contributed by atoms with Crippen molar-refractivity contribution in [3.8, 4) is 0 Å². The number of aryl methyl sites for hydroxylation is 3. The molecule has 0 aromatic heterocycles. The molecule has 5 heteroatoms. The topological polar surface area (TPSA) is 63.2 Å². The van der Waals surface area contributed by atoms with E-state index in [0.717, 1.165) is 11.1 Å². The van der Waals surface area contributed by atoms with Crippen molar-refractivity contribution < 1.29 is 13.2 Å². The van der Waals surface area contributed by atoms with E-state index in [1.54, 1.807) is 32.1 Å². The monoisotopic (exact) mass is 329 g/mol. The van der Waals surface area contributed by atoms with Crippen LogP contribution in [0, 0.1) is 20.8 Å². The first-order valence-corrected chi connectivity index (χ1v) is 8.65. The molecule has 0 bridgehead atoms. The minimum atomic E-state index is -3.89. The first kappa shape index (κ1) is 17.0. The molecule has 0 saturated carbocycles. The van der Waals surface area contributed by atoms with Gasteiger partial charge in [0.05, 0.1) is 4.90 Å². The molecule has 0 fully saturated rings. The zero-order valence-corrected chi connectivity index (χ0v) is 14.1. The lowest BCUT2D eigenvalue weighted by atomic mass is 10.1. The lowest BCUT2D eigenvalue weighted by Crippen LogP contribution is -2.30. The zero-order valence-electron chi connectivity index (χ0n) is 13.3. The molecular weight excluding hydrogens is 310 g/mol.